The minimum Gasteiger partial charge on any atom is -0.444 e. The zero-order valence-corrected chi connectivity index (χ0v) is 15.7. The molecule has 0 radical (unpaired) electrons. The number of hydrogen-bond donors (Lipinski definition) is 2. The van der Waals surface area contributed by atoms with Gasteiger partial charge in [-0.1, -0.05) is 6.92 Å². The van der Waals surface area contributed by atoms with E-state index in [0.29, 0.717) is 12.6 Å². The molecule has 1 aliphatic carbocycles. The summed E-state index contributed by atoms with van der Waals surface area (Å²) in [5, 5.41) is 10.8. The third-order valence-electron chi connectivity index (χ3n) is 4.54. The summed E-state index contributed by atoms with van der Waals surface area (Å²) in [4.78, 5) is 11.8. The zero-order chi connectivity index (χ0) is 17.7. The van der Waals surface area contributed by atoms with Gasteiger partial charge in [-0.15, -0.1) is 0 Å². The fourth-order valence-electron chi connectivity index (χ4n) is 3.07. The highest BCUT2D eigenvalue weighted by atomic mass is 16.6. The van der Waals surface area contributed by atoms with E-state index in [9.17, 15) is 4.79 Å². The van der Waals surface area contributed by atoms with E-state index in [1.54, 1.807) is 0 Å². The maximum atomic E-state index is 11.8. The molecule has 0 unspecified atom stereocenters. The number of carbonyl (C=O) groups excluding carboxylic acids is 1. The summed E-state index contributed by atoms with van der Waals surface area (Å²) in [6.45, 7) is 9.12. The average Bonchev–Trinajstić information content (AvgIpc) is 2.83. The molecule has 1 aromatic rings. The van der Waals surface area contributed by atoms with Crippen molar-refractivity contribution in [3.63, 3.8) is 0 Å². The maximum absolute atomic E-state index is 11.8. The summed E-state index contributed by atoms with van der Waals surface area (Å²) in [6, 6.07) is 0.586. The Hall–Kier alpha value is -1.56. The predicted octanol–water partition coefficient (Wildman–Crippen LogP) is 3.11. The van der Waals surface area contributed by atoms with Crippen molar-refractivity contribution in [3.05, 3.63) is 17.5 Å². The second-order valence-corrected chi connectivity index (χ2v) is 7.93. The number of aryl methyl sites for hydroxylation is 1. The van der Waals surface area contributed by atoms with Crippen LogP contribution in [0.1, 0.15) is 64.6 Å². The van der Waals surface area contributed by atoms with Gasteiger partial charge in [0.25, 0.3) is 0 Å². The third kappa shape index (κ3) is 5.82. The number of nitrogens with one attached hydrogen (secondary N) is 2. The summed E-state index contributed by atoms with van der Waals surface area (Å²) in [5.74, 6) is 0.855. The molecule has 1 heterocycles. The Morgan fingerprint density at radius 2 is 1.96 bits per heavy atom. The highest BCUT2D eigenvalue weighted by Crippen LogP contribution is 2.23. The van der Waals surface area contributed by atoms with Crippen LogP contribution in [-0.2, 0) is 24.9 Å². The lowest BCUT2D eigenvalue weighted by Gasteiger charge is -2.27. The zero-order valence-electron chi connectivity index (χ0n) is 15.7. The number of nitrogens with zero attached hydrogens (tertiary/aromatic N) is 2. The molecule has 0 saturated heterocycles. The molecule has 0 bridgehead atoms. The Morgan fingerprint density at radius 3 is 2.58 bits per heavy atom. The van der Waals surface area contributed by atoms with Gasteiger partial charge in [-0.05, 0) is 52.4 Å². The standard InChI is InChI=1S/C18H32N4O2/c1-13-6-8-15(9-7-13)19-12-16-14(11-21-22(16)5)10-20-17(23)24-18(2,3)4/h11,13,15,19H,6-10,12H2,1-5H3,(H,20,23). The minimum atomic E-state index is -0.485. The second kappa shape index (κ2) is 8.01. The number of hydrogen-bond acceptors (Lipinski definition) is 4. The Labute approximate surface area is 145 Å². The number of ether oxygens (including phenoxy) is 1. The minimum absolute atomic E-state index is 0.397. The Kier molecular flexibility index (Phi) is 6.27. The molecule has 0 aromatic carbocycles. The van der Waals surface area contributed by atoms with Gasteiger partial charge in [0.05, 0.1) is 11.9 Å². The first-order valence-corrected chi connectivity index (χ1v) is 8.94. The van der Waals surface area contributed by atoms with E-state index in [0.717, 1.165) is 23.7 Å². The van der Waals surface area contributed by atoms with Gasteiger partial charge in [0, 0.05) is 31.7 Å². The molecule has 1 aromatic heterocycles. The number of carbonyl (C=O) groups is 1. The van der Waals surface area contributed by atoms with Crippen LogP contribution >= 0.6 is 0 Å². The summed E-state index contributed by atoms with van der Waals surface area (Å²) in [6.07, 6.45) is 6.50. The van der Waals surface area contributed by atoms with Crippen LogP contribution in [0.15, 0.2) is 6.20 Å². The highest BCUT2D eigenvalue weighted by Gasteiger charge is 2.20. The van der Waals surface area contributed by atoms with Crippen LogP contribution in [0, 0.1) is 5.92 Å². The van der Waals surface area contributed by atoms with Crippen LogP contribution in [0.25, 0.3) is 0 Å². The van der Waals surface area contributed by atoms with E-state index in [1.165, 1.54) is 25.7 Å². The Bertz CT molecular complexity index is 540. The van der Waals surface area contributed by atoms with E-state index >= 15 is 0 Å². The van der Waals surface area contributed by atoms with E-state index in [-0.39, 0.29) is 0 Å². The summed E-state index contributed by atoms with van der Waals surface area (Å²) >= 11 is 0. The van der Waals surface area contributed by atoms with Crippen molar-refractivity contribution in [3.8, 4) is 0 Å². The summed E-state index contributed by atoms with van der Waals surface area (Å²) in [7, 11) is 1.94. The largest absolute Gasteiger partial charge is 0.444 e. The molecule has 136 valence electrons. The van der Waals surface area contributed by atoms with E-state index in [1.807, 2.05) is 38.7 Å². The molecule has 6 heteroatoms. The van der Waals surface area contributed by atoms with Crippen molar-refractivity contribution in [1.29, 1.82) is 0 Å². The highest BCUT2D eigenvalue weighted by molar-refractivity contribution is 5.67. The quantitative estimate of drug-likeness (QED) is 0.867. The van der Waals surface area contributed by atoms with E-state index < -0.39 is 11.7 Å². The molecule has 6 nitrogen and oxygen atoms in total. The van der Waals surface area contributed by atoms with Gasteiger partial charge in [-0.2, -0.15) is 5.10 Å². The van der Waals surface area contributed by atoms with Gasteiger partial charge in [0.2, 0.25) is 0 Å². The van der Waals surface area contributed by atoms with Crippen LogP contribution in [0.2, 0.25) is 0 Å². The molecule has 2 N–H and O–H groups in total. The van der Waals surface area contributed by atoms with E-state index in [4.69, 9.17) is 4.74 Å². The number of alkyl carbamates (subject to hydrolysis) is 1. The summed E-state index contributed by atoms with van der Waals surface area (Å²) < 4.78 is 7.16. The van der Waals surface area contributed by atoms with Crippen LogP contribution in [0.5, 0.6) is 0 Å². The second-order valence-electron chi connectivity index (χ2n) is 7.93. The molecule has 1 saturated carbocycles. The maximum Gasteiger partial charge on any atom is 0.407 e. The topological polar surface area (TPSA) is 68.2 Å². The van der Waals surface area contributed by atoms with Gasteiger partial charge >= 0.3 is 6.09 Å². The molecule has 1 amide bonds. The van der Waals surface area contributed by atoms with Crippen LogP contribution in [0.3, 0.4) is 0 Å². The summed E-state index contributed by atoms with van der Waals surface area (Å²) in [5.41, 5.74) is 1.66. The lowest BCUT2D eigenvalue weighted by molar-refractivity contribution is 0.0523. The lowest BCUT2D eigenvalue weighted by atomic mass is 9.87. The number of aromatic nitrogens is 2. The van der Waals surface area contributed by atoms with Crippen LogP contribution in [-0.4, -0.2) is 27.5 Å². The number of amides is 1. The van der Waals surface area contributed by atoms with Gasteiger partial charge in [0.1, 0.15) is 5.60 Å². The van der Waals surface area contributed by atoms with Crippen molar-refractivity contribution >= 4 is 6.09 Å². The SMILES string of the molecule is CC1CCC(NCc2c(CNC(=O)OC(C)(C)C)cnn2C)CC1. The first-order chi connectivity index (χ1) is 11.2. The normalized spacial score (nSPS) is 21.5. The molecule has 0 atom stereocenters. The van der Waals surface area contributed by atoms with E-state index in [2.05, 4.69) is 22.7 Å². The van der Waals surface area contributed by atoms with Gasteiger partial charge in [-0.3, -0.25) is 4.68 Å². The van der Waals surface area contributed by atoms with Gasteiger partial charge in [-0.25, -0.2) is 4.79 Å². The third-order valence-corrected chi connectivity index (χ3v) is 4.54. The smallest absolute Gasteiger partial charge is 0.407 e. The molecule has 1 fully saturated rings. The van der Waals surface area contributed by atoms with Crippen molar-refractivity contribution in [2.45, 2.75) is 78.1 Å². The number of rotatable bonds is 5. The van der Waals surface area contributed by atoms with Crippen molar-refractivity contribution in [2.75, 3.05) is 0 Å². The fourth-order valence-corrected chi connectivity index (χ4v) is 3.07. The first kappa shape index (κ1) is 18.8. The monoisotopic (exact) mass is 336 g/mol. The van der Waals surface area contributed by atoms with Crippen molar-refractivity contribution in [2.24, 2.45) is 13.0 Å². The van der Waals surface area contributed by atoms with Gasteiger partial charge < -0.3 is 15.4 Å². The average molecular weight is 336 g/mol. The fraction of sp³-hybridized carbons (Fsp3) is 0.778. The van der Waals surface area contributed by atoms with Gasteiger partial charge in [0.15, 0.2) is 0 Å². The lowest BCUT2D eigenvalue weighted by Crippen LogP contribution is -2.34. The first-order valence-electron chi connectivity index (χ1n) is 8.94. The Balaban J connectivity index is 1.85. The molecule has 0 aliphatic heterocycles. The van der Waals surface area contributed by atoms with Crippen LogP contribution in [0.4, 0.5) is 4.79 Å². The molecule has 2 rings (SSSR count). The molecule has 24 heavy (non-hydrogen) atoms. The molecule has 1 aliphatic rings. The van der Waals surface area contributed by atoms with Crippen molar-refractivity contribution < 1.29 is 9.53 Å². The van der Waals surface area contributed by atoms with Crippen molar-refractivity contribution in [1.82, 2.24) is 20.4 Å². The predicted molar refractivity (Wildman–Crippen MR) is 94.5 cm³/mol. The molecule has 0 spiro atoms. The Morgan fingerprint density at radius 1 is 1.29 bits per heavy atom. The van der Waals surface area contributed by atoms with Crippen LogP contribution < -0.4 is 10.6 Å². The molecular formula is C18H32N4O2. The molecular weight excluding hydrogens is 304 g/mol.